The number of hydrogen-bond donors (Lipinski definition) is 1. The Hall–Kier alpha value is -6.05. The molecule has 1 atom stereocenters. The van der Waals surface area contributed by atoms with Crippen LogP contribution in [0.25, 0.3) is 54.6 Å². The standard InChI is InChI=1S/C40H25N3O/c41-24-25-9-8-10-26(21-25)27-17-19-30-31-20-18-28(23-34(31)39-38(33(30)22-27)32-13-4-7-16-37(32)44-39)40-42-35-14-5-6-15-36(35)43(40)29-11-2-1-3-12-29/h1-23,40,42H. The van der Waals surface area contributed by atoms with E-state index in [4.69, 9.17) is 4.42 Å². The average Bonchev–Trinajstić information content (AvgIpc) is 3.68. The fraction of sp³-hybridized carbons (Fsp3) is 0.0250. The van der Waals surface area contributed by atoms with Gasteiger partial charge in [0.1, 0.15) is 17.3 Å². The molecule has 0 aliphatic carbocycles. The van der Waals surface area contributed by atoms with E-state index in [2.05, 4.69) is 125 Å². The molecule has 0 amide bonds. The van der Waals surface area contributed by atoms with Crippen LogP contribution in [0.1, 0.15) is 17.3 Å². The third-order valence-corrected chi connectivity index (χ3v) is 8.85. The number of nitrogens with zero attached hydrogens (tertiary/aromatic N) is 2. The molecule has 0 bridgehead atoms. The van der Waals surface area contributed by atoms with Gasteiger partial charge in [-0.25, -0.2) is 0 Å². The van der Waals surface area contributed by atoms with E-state index in [-0.39, 0.29) is 6.17 Å². The molecule has 1 aliphatic heterocycles. The molecular formula is C40H25N3O. The SMILES string of the molecule is N#Cc1cccc(-c2ccc3c4ccc(C5Nc6ccccc6N5c5ccccc5)cc4c4oc5ccccc5c4c3c2)c1. The number of fused-ring (bicyclic) bond motifs is 9. The highest BCUT2D eigenvalue weighted by Gasteiger charge is 2.31. The molecular weight excluding hydrogens is 538 g/mol. The van der Waals surface area contributed by atoms with Crippen molar-refractivity contribution in [3.05, 3.63) is 151 Å². The van der Waals surface area contributed by atoms with Gasteiger partial charge in [0.05, 0.1) is 23.0 Å². The van der Waals surface area contributed by atoms with Crippen molar-refractivity contribution >= 4 is 60.5 Å². The van der Waals surface area contributed by atoms with Crippen molar-refractivity contribution in [1.82, 2.24) is 0 Å². The molecule has 1 N–H and O–H groups in total. The molecule has 8 aromatic rings. The largest absolute Gasteiger partial charge is 0.455 e. The van der Waals surface area contributed by atoms with E-state index >= 15 is 0 Å². The highest BCUT2D eigenvalue weighted by atomic mass is 16.3. The maximum atomic E-state index is 9.49. The van der Waals surface area contributed by atoms with Crippen molar-refractivity contribution < 1.29 is 4.42 Å². The predicted octanol–water partition coefficient (Wildman–Crippen LogP) is 10.7. The van der Waals surface area contributed by atoms with Gasteiger partial charge in [-0.15, -0.1) is 0 Å². The topological polar surface area (TPSA) is 52.2 Å². The van der Waals surface area contributed by atoms with E-state index in [1.54, 1.807) is 0 Å². The number of benzene rings is 7. The van der Waals surface area contributed by atoms with Gasteiger partial charge in [0.15, 0.2) is 0 Å². The number of para-hydroxylation sites is 4. The van der Waals surface area contributed by atoms with E-state index < -0.39 is 0 Å². The first-order valence-electron chi connectivity index (χ1n) is 14.8. The molecule has 1 unspecified atom stereocenters. The van der Waals surface area contributed by atoms with Crippen LogP contribution in [0.3, 0.4) is 0 Å². The Balaban J connectivity index is 1.30. The molecule has 0 radical (unpaired) electrons. The van der Waals surface area contributed by atoms with Gasteiger partial charge in [0.25, 0.3) is 0 Å². The van der Waals surface area contributed by atoms with Gasteiger partial charge in [0.2, 0.25) is 0 Å². The second-order valence-corrected chi connectivity index (χ2v) is 11.3. The molecule has 4 heteroatoms. The van der Waals surface area contributed by atoms with Gasteiger partial charge >= 0.3 is 0 Å². The minimum Gasteiger partial charge on any atom is -0.455 e. The number of hydrogen-bond acceptors (Lipinski definition) is 4. The van der Waals surface area contributed by atoms with Crippen molar-refractivity contribution in [3.63, 3.8) is 0 Å². The van der Waals surface area contributed by atoms with Gasteiger partial charge in [-0.1, -0.05) is 84.9 Å². The quantitative estimate of drug-likeness (QED) is 0.217. The van der Waals surface area contributed by atoms with Gasteiger partial charge in [-0.3, -0.25) is 0 Å². The molecule has 2 heterocycles. The van der Waals surface area contributed by atoms with E-state index in [0.29, 0.717) is 5.56 Å². The summed E-state index contributed by atoms with van der Waals surface area (Å²) in [4.78, 5) is 2.37. The number of nitrogens with one attached hydrogen (secondary N) is 1. The number of rotatable bonds is 3. The zero-order valence-corrected chi connectivity index (χ0v) is 23.7. The summed E-state index contributed by atoms with van der Waals surface area (Å²) in [6.45, 7) is 0. The number of furan rings is 1. The summed E-state index contributed by atoms with van der Waals surface area (Å²) in [5, 5.41) is 20.0. The van der Waals surface area contributed by atoms with Crippen LogP contribution in [-0.4, -0.2) is 0 Å². The van der Waals surface area contributed by atoms with Gasteiger partial charge in [0, 0.05) is 21.8 Å². The van der Waals surface area contributed by atoms with Crippen LogP contribution >= 0.6 is 0 Å². The van der Waals surface area contributed by atoms with Crippen LogP contribution in [0.4, 0.5) is 17.1 Å². The lowest BCUT2D eigenvalue weighted by Gasteiger charge is -2.27. The van der Waals surface area contributed by atoms with Crippen LogP contribution in [-0.2, 0) is 0 Å². The third kappa shape index (κ3) is 3.63. The van der Waals surface area contributed by atoms with Crippen molar-refractivity contribution in [3.8, 4) is 17.2 Å². The second kappa shape index (κ2) is 9.49. The summed E-state index contributed by atoms with van der Waals surface area (Å²) < 4.78 is 6.67. The van der Waals surface area contributed by atoms with E-state index in [1.165, 1.54) is 5.39 Å². The van der Waals surface area contributed by atoms with Crippen LogP contribution in [0, 0.1) is 11.3 Å². The molecule has 1 aromatic heterocycles. The van der Waals surface area contributed by atoms with Gasteiger partial charge < -0.3 is 14.6 Å². The normalized spacial score (nSPS) is 14.2. The number of anilines is 3. The predicted molar refractivity (Wildman–Crippen MR) is 180 cm³/mol. The first-order chi connectivity index (χ1) is 21.8. The Morgan fingerprint density at radius 1 is 0.614 bits per heavy atom. The molecule has 0 saturated heterocycles. The van der Waals surface area contributed by atoms with Crippen LogP contribution in [0.2, 0.25) is 0 Å². The first kappa shape index (κ1) is 24.5. The highest BCUT2D eigenvalue weighted by molar-refractivity contribution is 6.30. The minimum absolute atomic E-state index is 0.0795. The highest BCUT2D eigenvalue weighted by Crippen LogP contribution is 2.48. The molecule has 206 valence electrons. The first-order valence-corrected chi connectivity index (χ1v) is 14.8. The third-order valence-electron chi connectivity index (χ3n) is 8.85. The summed E-state index contributed by atoms with van der Waals surface area (Å²) in [7, 11) is 0. The Labute approximate surface area is 254 Å². The van der Waals surface area contributed by atoms with Crippen LogP contribution in [0.5, 0.6) is 0 Å². The summed E-state index contributed by atoms with van der Waals surface area (Å²) in [6.07, 6.45) is -0.0795. The Morgan fingerprint density at radius 2 is 1.39 bits per heavy atom. The maximum Gasteiger partial charge on any atom is 0.143 e. The Bertz CT molecular complexity index is 2450. The Morgan fingerprint density at radius 3 is 2.30 bits per heavy atom. The monoisotopic (exact) mass is 563 g/mol. The molecule has 0 saturated carbocycles. The van der Waals surface area contributed by atoms with Gasteiger partial charge in [-0.05, 0) is 87.4 Å². The van der Waals surface area contributed by atoms with Gasteiger partial charge in [-0.2, -0.15) is 5.26 Å². The van der Waals surface area contributed by atoms with E-state index in [9.17, 15) is 5.26 Å². The molecule has 9 rings (SSSR count). The van der Waals surface area contributed by atoms with Crippen LogP contribution < -0.4 is 10.2 Å². The lowest BCUT2D eigenvalue weighted by atomic mass is 9.92. The second-order valence-electron chi connectivity index (χ2n) is 11.3. The summed E-state index contributed by atoms with van der Waals surface area (Å²) in [5.41, 5.74) is 9.07. The molecule has 4 nitrogen and oxygen atoms in total. The van der Waals surface area contributed by atoms with Crippen LogP contribution in [0.15, 0.2) is 144 Å². The molecule has 7 aromatic carbocycles. The number of nitriles is 1. The Kier molecular flexibility index (Phi) is 5.29. The zero-order chi connectivity index (χ0) is 29.2. The van der Waals surface area contributed by atoms with Crippen molar-refractivity contribution in [2.24, 2.45) is 0 Å². The maximum absolute atomic E-state index is 9.49. The van der Waals surface area contributed by atoms with Crippen molar-refractivity contribution in [1.29, 1.82) is 5.26 Å². The lowest BCUT2D eigenvalue weighted by Crippen LogP contribution is -2.23. The smallest absolute Gasteiger partial charge is 0.143 e. The zero-order valence-electron chi connectivity index (χ0n) is 23.7. The summed E-state index contributed by atoms with van der Waals surface area (Å²) in [6, 6.07) is 50.8. The minimum atomic E-state index is -0.0795. The fourth-order valence-corrected chi connectivity index (χ4v) is 6.86. The summed E-state index contributed by atoms with van der Waals surface area (Å²) >= 11 is 0. The lowest BCUT2D eigenvalue weighted by molar-refractivity contribution is 0.673. The summed E-state index contributed by atoms with van der Waals surface area (Å²) in [5.74, 6) is 0. The molecule has 44 heavy (non-hydrogen) atoms. The molecule has 1 aliphatic rings. The van der Waals surface area contributed by atoms with E-state index in [1.807, 2.05) is 30.3 Å². The van der Waals surface area contributed by atoms with Crippen molar-refractivity contribution in [2.45, 2.75) is 6.17 Å². The average molecular weight is 564 g/mol. The van der Waals surface area contributed by atoms with Crippen molar-refractivity contribution in [2.75, 3.05) is 10.2 Å². The van der Waals surface area contributed by atoms with E-state index in [0.717, 1.165) is 71.8 Å². The fourth-order valence-electron chi connectivity index (χ4n) is 6.86. The molecule has 0 spiro atoms. The molecule has 0 fully saturated rings.